The van der Waals surface area contributed by atoms with Gasteiger partial charge in [0.25, 0.3) is 0 Å². The monoisotopic (exact) mass is 638 g/mol. The van der Waals surface area contributed by atoms with Crippen molar-refractivity contribution in [1.29, 1.82) is 0 Å². The molecular formula is C41H34O7. The highest BCUT2D eigenvalue weighted by Gasteiger charge is 2.20. The zero-order chi connectivity index (χ0) is 33.8. The molecule has 0 saturated heterocycles. The van der Waals surface area contributed by atoms with Gasteiger partial charge in [0.05, 0.1) is 0 Å². The van der Waals surface area contributed by atoms with Crippen LogP contribution >= 0.6 is 0 Å². The Kier molecular flexibility index (Phi) is 9.03. The number of hydrogen-bond donors (Lipinski definition) is 6. The smallest absolute Gasteiger partial charge is 0.193 e. The maximum atomic E-state index is 14.4. The van der Waals surface area contributed by atoms with Gasteiger partial charge in [-0.05, 0) is 117 Å². The molecule has 0 unspecified atom stereocenters. The van der Waals surface area contributed by atoms with Gasteiger partial charge in [-0.1, -0.05) is 48.5 Å². The molecule has 0 heterocycles. The minimum absolute atomic E-state index is 0.0550. The van der Waals surface area contributed by atoms with Crippen LogP contribution < -0.4 is 0 Å². The molecule has 6 N–H and O–H groups in total. The Morgan fingerprint density at radius 1 is 0.354 bits per heavy atom. The van der Waals surface area contributed by atoms with Gasteiger partial charge in [0.1, 0.15) is 34.5 Å². The summed E-state index contributed by atoms with van der Waals surface area (Å²) in [6.07, 6.45) is 1.24. The molecule has 7 nitrogen and oxygen atoms in total. The average Bonchev–Trinajstić information content (AvgIpc) is 3.08. The molecule has 0 aliphatic rings. The summed E-state index contributed by atoms with van der Waals surface area (Å²) in [6, 6.07) is 33.3. The highest BCUT2D eigenvalue weighted by atomic mass is 16.3. The summed E-state index contributed by atoms with van der Waals surface area (Å²) < 4.78 is 0. The molecule has 0 aliphatic carbocycles. The Labute approximate surface area is 277 Å². The van der Waals surface area contributed by atoms with Gasteiger partial charge in [-0.2, -0.15) is 0 Å². The molecule has 0 amide bonds. The third-order valence-electron chi connectivity index (χ3n) is 8.38. The molecule has 0 aromatic heterocycles. The lowest BCUT2D eigenvalue weighted by molar-refractivity contribution is 0.103. The zero-order valence-corrected chi connectivity index (χ0v) is 26.0. The average molecular weight is 639 g/mol. The third kappa shape index (κ3) is 7.43. The van der Waals surface area contributed by atoms with Gasteiger partial charge in [-0.15, -0.1) is 0 Å². The van der Waals surface area contributed by atoms with Crippen molar-refractivity contribution in [2.75, 3.05) is 0 Å². The fraction of sp³-hybridized carbons (Fsp3) is 0.0976. The van der Waals surface area contributed by atoms with Crippen LogP contribution in [0.3, 0.4) is 0 Å². The van der Waals surface area contributed by atoms with Crippen molar-refractivity contribution in [2.45, 2.75) is 25.7 Å². The Hall–Kier alpha value is -6.21. The number of carbonyl (C=O) groups is 1. The number of benzene rings is 6. The summed E-state index contributed by atoms with van der Waals surface area (Å²) in [7, 11) is 0. The van der Waals surface area contributed by atoms with Crippen LogP contribution in [0.15, 0.2) is 121 Å². The van der Waals surface area contributed by atoms with Gasteiger partial charge >= 0.3 is 0 Å². The Morgan fingerprint density at radius 3 is 0.771 bits per heavy atom. The standard InChI is InChI=1S/C41H34O7/c42-35-9-1-25(2-10-35)17-29-21-33(22-30(39(29)46)18-26-3-11-36(43)12-4-26)41(48)34-23-31(19-27-5-13-37(44)14-6-27)40(47)32(24-34)20-28-7-15-38(45)16-8-28/h1-16,21-24,42-47H,17-20H2. The minimum atomic E-state index is -0.298. The molecule has 0 radical (unpaired) electrons. The first-order valence-electron chi connectivity index (χ1n) is 15.5. The van der Waals surface area contributed by atoms with Gasteiger partial charge in [-0.25, -0.2) is 0 Å². The molecule has 0 spiro atoms. The highest BCUT2D eigenvalue weighted by Crippen LogP contribution is 2.34. The normalized spacial score (nSPS) is 11.0. The van der Waals surface area contributed by atoms with E-state index in [2.05, 4.69) is 0 Å². The zero-order valence-electron chi connectivity index (χ0n) is 26.0. The van der Waals surface area contributed by atoms with Crippen LogP contribution in [0.25, 0.3) is 0 Å². The SMILES string of the molecule is O=C(c1cc(Cc2ccc(O)cc2)c(O)c(Cc2ccc(O)cc2)c1)c1cc(Cc2ccc(O)cc2)c(O)c(Cc2ccc(O)cc2)c1. The number of aromatic hydroxyl groups is 6. The van der Waals surface area contributed by atoms with E-state index in [1.165, 1.54) is 0 Å². The summed E-state index contributed by atoms with van der Waals surface area (Å²) in [5.74, 6) is 0.306. The Balaban J connectivity index is 1.43. The van der Waals surface area contributed by atoms with Crippen LogP contribution in [0.1, 0.15) is 60.4 Å². The van der Waals surface area contributed by atoms with Crippen molar-refractivity contribution in [3.05, 3.63) is 177 Å². The molecule has 0 bridgehead atoms. The summed E-state index contributed by atoms with van der Waals surface area (Å²) in [5, 5.41) is 61.9. The number of rotatable bonds is 10. The van der Waals surface area contributed by atoms with E-state index >= 15 is 0 Å². The van der Waals surface area contributed by atoms with Crippen LogP contribution in [0.4, 0.5) is 0 Å². The molecule has 7 heteroatoms. The molecule has 6 rings (SSSR count). The molecule has 240 valence electrons. The van der Waals surface area contributed by atoms with Crippen molar-refractivity contribution in [1.82, 2.24) is 0 Å². The topological polar surface area (TPSA) is 138 Å². The number of phenolic OH excluding ortho intramolecular Hbond substituents is 6. The number of carbonyl (C=O) groups excluding carboxylic acids is 1. The first kappa shape index (κ1) is 31.8. The summed E-state index contributed by atoms with van der Waals surface area (Å²) in [4.78, 5) is 14.4. The van der Waals surface area contributed by atoms with Crippen molar-refractivity contribution < 1.29 is 35.4 Å². The minimum Gasteiger partial charge on any atom is -0.508 e. The predicted octanol–water partition coefficient (Wildman–Crippen LogP) is 7.51. The van der Waals surface area contributed by atoms with E-state index in [1.807, 2.05) is 0 Å². The number of ketones is 1. The quantitative estimate of drug-likeness (QED) is 0.0854. The number of phenols is 6. The first-order chi connectivity index (χ1) is 23.1. The second-order valence-corrected chi connectivity index (χ2v) is 12.0. The van der Waals surface area contributed by atoms with Gasteiger partial charge in [0.15, 0.2) is 5.78 Å². The van der Waals surface area contributed by atoms with E-state index in [4.69, 9.17) is 0 Å². The van der Waals surface area contributed by atoms with Crippen molar-refractivity contribution in [3.8, 4) is 34.5 Å². The largest absolute Gasteiger partial charge is 0.508 e. The molecule has 0 fully saturated rings. The molecule has 6 aromatic carbocycles. The second-order valence-electron chi connectivity index (χ2n) is 12.0. The Morgan fingerprint density at radius 2 is 0.562 bits per heavy atom. The molecule has 0 saturated carbocycles. The maximum absolute atomic E-state index is 14.4. The van der Waals surface area contributed by atoms with Crippen LogP contribution in [-0.4, -0.2) is 36.4 Å². The molecular weight excluding hydrogens is 604 g/mol. The lowest BCUT2D eigenvalue weighted by atomic mass is 9.89. The van der Waals surface area contributed by atoms with Gasteiger partial charge in [0, 0.05) is 36.8 Å². The number of hydrogen-bond acceptors (Lipinski definition) is 7. The summed E-state index contributed by atoms with van der Waals surface area (Å²) >= 11 is 0. The predicted molar refractivity (Wildman–Crippen MR) is 183 cm³/mol. The van der Waals surface area contributed by atoms with Gasteiger partial charge in [0.2, 0.25) is 0 Å². The van der Waals surface area contributed by atoms with E-state index in [0.717, 1.165) is 22.3 Å². The maximum Gasteiger partial charge on any atom is 0.193 e. The van der Waals surface area contributed by atoms with Crippen LogP contribution in [0, 0.1) is 0 Å². The molecule has 0 aliphatic heterocycles. The highest BCUT2D eigenvalue weighted by molar-refractivity contribution is 6.09. The van der Waals surface area contributed by atoms with Gasteiger partial charge < -0.3 is 30.6 Å². The molecule has 6 aromatic rings. The Bertz CT molecular complexity index is 1780. The lowest BCUT2D eigenvalue weighted by Gasteiger charge is -2.16. The fourth-order valence-corrected chi connectivity index (χ4v) is 5.82. The van der Waals surface area contributed by atoms with E-state index in [0.29, 0.717) is 59.1 Å². The van der Waals surface area contributed by atoms with Crippen molar-refractivity contribution in [2.24, 2.45) is 0 Å². The van der Waals surface area contributed by atoms with Crippen LogP contribution in [0.2, 0.25) is 0 Å². The van der Waals surface area contributed by atoms with Crippen LogP contribution in [0.5, 0.6) is 34.5 Å². The third-order valence-corrected chi connectivity index (χ3v) is 8.38. The van der Waals surface area contributed by atoms with E-state index in [1.54, 1.807) is 121 Å². The first-order valence-corrected chi connectivity index (χ1v) is 15.5. The summed E-state index contributed by atoms with van der Waals surface area (Å²) in [6.45, 7) is 0. The summed E-state index contributed by atoms with van der Waals surface area (Å²) in [5.41, 5.74) is 6.18. The molecule has 0 atom stereocenters. The second kappa shape index (κ2) is 13.6. The molecule has 48 heavy (non-hydrogen) atoms. The van der Waals surface area contributed by atoms with E-state index in [9.17, 15) is 35.4 Å². The van der Waals surface area contributed by atoms with Crippen molar-refractivity contribution in [3.63, 3.8) is 0 Å². The van der Waals surface area contributed by atoms with Gasteiger partial charge in [-0.3, -0.25) is 4.79 Å². The van der Waals surface area contributed by atoms with Crippen molar-refractivity contribution >= 4 is 5.78 Å². The lowest BCUT2D eigenvalue weighted by Crippen LogP contribution is -2.07. The van der Waals surface area contributed by atoms with E-state index < -0.39 is 0 Å². The van der Waals surface area contributed by atoms with E-state index in [-0.39, 0.29) is 40.3 Å². The van der Waals surface area contributed by atoms with Crippen LogP contribution in [-0.2, 0) is 25.7 Å². The fourth-order valence-electron chi connectivity index (χ4n) is 5.82.